The van der Waals surface area contributed by atoms with Gasteiger partial charge in [-0.2, -0.15) is 0 Å². The third-order valence-corrected chi connectivity index (χ3v) is 3.42. The minimum Gasteiger partial charge on any atom is -0.389 e. The number of halogens is 1. The molecule has 20 heavy (non-hydrogen) atoms. The normalized spacial score (nSPS) is 10.4. The summed E-state index contributed by atoms with van der Waals surface area (Å²) in [6, 6.07) is 5.53. The van der Waals surface area contributed by atoms with Gasteiger partial charge < -0.3 is 15.6 Å². The minimum atomic E-state index is 0.355. The van der Waals surface area contributed by atoms with E-state index in [1.54, 1.807) is 12.3 Å². The standard InChI is InChI=1S/C14H17ClN4S/c15-11-3-4-13(12(9-11)14(16)20)18-5-1-2-7-19-8-6-17-10-19/h3-4,6,8-10,18H,1-2,5,7H2,(H2,16,20). The summed E-state index contributed by atoms with van der Waals surface area (Å²) in [5, 5.41) is 3.99. The number of unbranched alkanes of at least 4 members (excludes halogenated alkanes) is 1. The van der Waals surface area contributed by atoms with Gasteiger partial charge >= 0.3 is 0 Å². The van der Waals surface area contributed by atoms with E-state index >= 15 is 0 Å². The molecular formula is C14H17ClN4S. The summed E-state index contributed by atoms with van der Waals surface area (Å²) in [6.45, 7) is 1.84. The van der Waals surface area contributed by atoms with Gasteiger partial charge in [-0.05, 0) is 31.0 Å². The molecule has 4 nitrogen and oxygen atoms in total. The summed E-state index contributed by atoms with van der Waals surface area (Å²) in [4.78, 5) is 4.37. The number of hydrogen-bond donors (Lipinski definition) is 2. The molecule has 2 aromatic rings. The Hall–Kier alpha value is -1.59. The summed E-state index contributed by atoms with van der Waals surface area (Å²) in [5.74, 6) is 0. The molecule has 2 rings (SSSR count). The van der Waals surface area contributed by atoms with Gasteiger partial charge in [0, 0.05) is 41.8 Å². The lowest BCUT2D eigenvalue weighted by molar-refractivity contribution is 0.621. The van der Waals surface area contributed by atoms with Crippen LogP contribution in [-0.4, -0.2) is 21.1 Å². The number of anilines is 1. The molecule has 0 bridgehead atoms. The first-order valence-corrected chi connectivity index (χ1v) is 7.24. The van der Waals surface area contributed by atoms with Crippen LogP contribution in [0.3, 0.4) is 0 Å². The van der Waals surface area contributed by atoms with Gasteiger partial charge in [-0.1, -0.05) is 23.8 Å². The van der Waals surface area contributed by atoms with Crippen molar-refractivity contribution in [2.75, 3.05) is 11.9 Å². The fourth-order valence-corrected chi connectivity index (χ4v) is 2.28. The second-order valence-corrected chi connectivity index (χ2v) is 5.36. The first-order chi connectivity index (χ1) is 9.66. The van der Waals surface area contributed by atoms with E-state index in [0.29, 0.717) is 10.0 Å². The van der Waals surface area contributed by atoms with Crippen molar-refractivity contribution in [2.24, 2.45) is 5.73 Å². The van der Waals surface area contributed by atoms with E-state index in [9.17, 15) is 0 Å². The zero-order valence-corrected chi connectivity index (χ0v) is 12.6. The molecule has 0 saturated carbocycles. The number of nitrogens with zero attached hydrogens (tertiary/aromatic N) is 2. The number of imidazole rings is 1. The molecule has 3 N–H and O–H groups in total. The monoisotopic (exact) mass is 308 g/mol. The molecule has 106 valence electrons. The third kappa shape index (κ3) is 4.21. The van der Waals surface area contributed by atoms with Crippen LogP contribution in [0.5, 0.6) is 0 Å². The van der Waals surface area contributed by atoms with Gasteiger partial charge in [0.15, 0.2) is 0 Å². The molecule has 6 heteroatoms. The number of aryl methyl sites for hydroxylation is 1. The predicted octanol–water partition coefficient (Wildman–Crippen LogP) is 3.06. The Bertz CT molecular complexity index is 569. The zero-order chi connectivity index (χ0) is 14.4. The molecule has 0 aliphatic heterocycles. The summed E-state index contributed by atoms with van der Waals surface area (Å²) < 4.78 is 2.07. The maximum absolute atomic E-state index is 5.95. The Balaban J connectivity index is 1.80. The lowest BCUT2D eigenvalue weighted by Crippen LogP contribution is -2.14. The molecule has 0 unspecified atom stereocenters. The van der Waals surface area contributed by atoms with Gasteiger partial charge in [0.25, 0.3) is 0 Å². The molecule has 0 spiro atoms. The number of hydrogen-bond acceptors (Lipinski definition) is 3. The average molecular weight is 309 g/mol. The van der Waals surface area contributed by atoms with Crippen LogP contribution in [0, 0.1) is 0 Å². The molecule has 0 amide bonds. The molecule has 0 saturated heterocycles. The Morgan fingerprint density at radius 3 is 2.95 bits per heavy atom. The number of thiocarbonyl (C=S) groups is 1. The number of aromatic nitrogens is 2. The average Bonchev–Trinajstić information content (AvgIpc) is 2.92. The molecular weight excluding hydrogens is 292 g/mol. The van der Waals surface area contributed by atoms with Gasteiger partial charge in [0.1, 0.15) is 4.99 Å². The van der Waals surface area contributed by atoms with Crippen LogP contribution in [0.2, 0.25) is 5.02 Å². The zero-order valence-electron chi connectivity index (χ0n) is 11.1. The Morgan fingerprint density at radius 1 is 1.40 bits per heavy atom. The van der Waals surface area contributed by atoms with Crippen molar-refractivity contribution in [3.05, 3.63) is 47.5 Å². The third-order valence-electron chi connectivity index (χ3n) is 2.96. The molecule has 0 fully saturated rings. The van der Waals surface area contributed by atoms with E-state index in [1.165, 1.54) is 0 Å². The fraction of sp³-hybridized carbons (Fsp3) is 0.286. The summed E-state index contributed by atoms with van der Waals surface area (Å²) >= 11 is 11.0. The first-order valence-electron chi connectivity index (χ1n) is 6.46. The van der Waals surface area contributed by atoms with E-state index < -0.39 is 0 Å². The Kier molecular flexibility index (Phi) is 5.38. The second-order valence-electron chi connectivity index (χ2n) is 4.49. The maximum Gasteiger partial charge on any atom is 0.106 e. The van der Waals surface area contributed by atoms with Crippen LogP contribution in [0.15, 0.2) is 36.9 Å². The van der Waals surface area contributed by atoms with Gasteiger partial charge in [0.2, 0.25) is 0 Å². The molecule has 0 radical (unpaired) electrons. The van der Waals surface area contributed by atoms with Gasteiger partial charge in [-0.15, -0.1) is 0 Å². The van der Waals surface area contributed by atoms with Crippen molar-refractivity contribution < 1.29 is 0 Å². The molecule has 0 aliphatic rings. The first kappa shape index (κ1) is 14.8. The smallest absolute Gasteiger partial charge is 0.106 e. The SMILES string of the molecule is NC(=S)c1cc(Cl)ccc1NCCCCn1ccnc1. The molecule has 1 aromatic carbocycles. The molecule has 1 heterocycles. The lowest BCUT2D eigenvalue weighted by Gasteiger charge is -2.11. The number of nitrogens with one attached hydrogen (secondary N) is 1. The van der Waals surface area contributed by atoms with E-state index in [2.05, 4.69) is 14.9 Å². The van der Waals surface area contributed by atoms with Crippen molar-refractivity contribution in [1.29, 1.82) is 0 Å². The Morgan fingerprint density at radius 2 is 2.25 bits per heavy atom. The largest absolute Gasteiger partial charge is 0.389 e. The highest BCUT2D eigenvalue weighted by atomic mass is 35.5. The van der Waals surface area contributed by atoms with Crippen molar-refractivity contribution in [1.82, 2.24) is 9.55 Å². The van der Waals surface area contributed by atoms with E-state index in [0.717, 1.165) is 37.2 Å². The highest BCUT2D eigenvalue weighted by molar-refractivity contribution is 7.80. The van der Waals surface area contributed by atoms with Crippen molar-refractivity contribution >= 4 is 34.5 Å². The number of rotatable bonds is 7. The molecule has 1 aromatic heterocycles. The van der Waals surface area contributed by atoms with Gasteiger partial charge in [-0.25, -0.2) is 4.98 Å². The summed E-state index contributed by atoms with van der Waals surface area (Å²) in [7, 11) is 0. The minimum absolute atomic E-state index is 0.355. The predicted molar refractivity (Wildman–Crippen MR) is 87.3 cm³/mol. The maximum atomic E-state index is 5.95. The van der Waals surface area contributed by atoms with Crippen LogP contribution >= 0.6 is 23.8 Å². The van der Waals surface area contributed by atoms with Crippen molar-refractivity contribution in [3.63, 3.8) is 0 Å². The topological polar surface area (TPSA) is 55.9 Å². The number of benzene rings is 1. The lowest BCUT2D eigenvalue weighted by atomic mass is 10.1. The highest BCUT2D eigenvalue weighted by Gasteiger charge is 2.05. The van der Waals surface area contributed by atoms with Crippen molar-refractivity contribution in [3.8, 4) is 0 Å². The quantitative estimate of drug-likeness (QED) is 0.610. The van der Waals surface area contributed by atoms with Crippen LogP contribution in [0.4, 0.5) is 5.69 Å². The van der Waals surface area contributed by atoms with Gasteiger partial charge in [0.05, 0.1) is 6.33 Å². The van der Waals surface area contributed by atoms with Crippen LogP contribution < -0.4 is 11.1 Å². The Labute approximate surface area is 129 Å². The highest BCUT2D eigenvalue weighted by Crippen LogP contribution is 2.20. The van der Waals surface area contributed by atoms with Crippen molar-refractivity contribution in [2.45, 2.75) is 19.4 Å². The van der Waals surface area contributed by atoms with Crippen LogP contribution in [-0.2, 0) is 6.54 Å². The summed E-state index contributed by atoms with van der Waals surface area (Å²) in [6.07, 6.45) is 7.73. The van der Waals surface area contributed by atoms with E-state index in [-0.39, 0.29) is 0 Å². The fourth-order valence-electron chi connectivity index (χ4n) is 1.94. The van der Waals surface area contributed by atoms with E-state index in [4.69, 9.17) is 29.6 Å². The van der Waals surface area contributed by atoms with Gasteiger partial charge in [-0.3, -0.25) is 0 Å². The molecule has 0 aliphatic carbocycles. The number of nitrogens with two attached hydrogens (primary N) is 1. The second kappa shape index (κ2) is 7.26. The summed E-state index contributed by atoms with van der Waals surface area (Å²) in [5.41, 5.74) is 7.43. The molecule has 0 atom stereocenters. The van der Waals surface area contributed by atoms with Crippen LogP contribution in [0.1, 0.15) is 18.4 Å². The van der Waals surface area contributed by atoms with Crippen LogP contribution in [0.25, 0.3) is 0 Å². The van der Waals surface area contributed by atoms with E-state index in [1.807, 2.05) is 24.7 Å².